The minimum Gasteiger partial charge on any atom is -0.387 e. The van der Waals surface area contributed by atoms with E-state index in [0.29, 0.717) is 0 Å². The number of thiazole rings is 1. The molecule has 2 rings (SSSR count). The first-order valence-electron chi connectivity index (χ1n) is 5.79. The first kappa shape index (κ1) is 13.9. The zero-order valence-electron chi connectivity index (χ0n) is 11.0. The maximum absolute atomic E-state index is 10.0. The van der Waals surface area contributed by atoms with Crippen LogP contribution in [0, 0.1) is 0 Å². The Balaban J connectivity index is 2.10. The molecule has 5 heteroatoms. The molecule has 0 aliphatic heterocycles. The SMILES string of the molecule is CC(C)(O)C(C)(C)OPc1ccc2ncsc2c1. The highest BCUT2D eigenvalue weighted by molar-refractivity contribution is 7.42. The standard InChI is InChI=1S/C13H18NO2PS/c1-12(2,15)13(3,4)16-17-9-5-6-10-11(7-9)18-8-14-10/h5-8,15,17H,1-4H3. The molecule has 0 amide bonds. The molecular weight excluding hydrogens is 265 g/mol. The number of nitrogens with zero attached hydrogens (tertiary/aromatic N) is 1. The molecule has 1 N–H and O–H groups in total. The smallest absolute Gasteiger partial charge is 0.0950 e. The van der Waals surface area contributed by atoms with Crippen LogP contribution in [0.4, 0.5) is 0 Å². The lowest BCUT2D eigenvalue weighted by Crippen LogP contribution is -2.45. The van der Waals surface area contributed by atoms with Crippen molar-refractivity contribution in [2.45, 2.75) is 38.9 Å². The van der Waals surface area contributed by atoms with E-state index in [9.17, 15) is 5.11 Å². The van der Waals surface area contributed by atoms with Gasteiger partial charge in [-0.1, -0.05) is 6.07 Å². The van der Waals surface area contributed by atoms with Gasteiger partial charge in [-0.3, -0.25) is 0 Å². The van der Waals surface area contributed by atoms with Crippen LogP contribution < -0.4 is 5.30 Å². The third kappa shape index (κ3) is 2.89. The van der Waals surface area contributed by atoms with Gasteiger partial charge >= 0.3 is 0 Å². The topological polar surface area (TPSA) is 42.4 Å². The van der Waals surface area contributed by atoms with Crippen LogP contribution in [-0.2, 0) is 4.52 Å². The van der Waals surface area contributed by atoms with Crippen LogP contribution in [0.15, 0.2) is 23.7 Å². The van der Waals surface area contributed by atoms with Crippen LogP contribution in [0.3, 0.4) is 0 Å². The molecule has 0 spiro atoms. The van der Waals surface area contributed by atoms with Crippen molar-refractivity contribution in [3.63, 3.8) is 0 Å². The second-order valence-electron chi connectivity index (χ2n) is 5.31. The van der Waals surface area contributed by atoms with E-state index < -0.39 is 11.2 Å². The first-order valence-corrected chi connectivity index (χ1v) is 7.58. The molecule has 2 aromatic rings. The molecule has 0 bridgehead atoms. The van der Waals surface area contributed by atoms with Gasteiger partial charge in [0.2, 0.25) is 0 Å². The zero-order valence-corrected chi connectivity index (χ0v) is 12.8. The van der Waals surface area contributed by atoms with Crippen LogP contribution in [-0.4, -0.2) is 21.3 Å². The van der Waals surface area contributed by atoms with Crippen molar-refractivity contribution in [3.8, 4) is 0 Å². The van der Waals surface area contributed by atoms with Crippen LogP contribution in [0.25, 0.3) is 10.2 Å². The summed E-state index contributed by atoms with van der Waals surface area (Å²) in [4.78, 5) is 4.25. The lowest BCUT2D eigenvalue weighted by atomic mass is 9.90. The molecule has 1 unspecified atom stereocenters. The maximum atomic E-state index is 10.0. The van der Waals surface area contributed by atoms with Gasteiger partial charge in [0.15, 0.2) is 0 Å². The minimum atomic E-state index is -0.866. The van der Waals surface area contributed by atoms with Crippen molar-refractivity contribution in [1.82, 2.24) is 4.98 Å². The number of rotatable bonds is 4. The lowest BCUT2D eigenvalue weighted by Gasteiger charge is -2.36. The highest BCUT2D eigenvalue weighted by Gasteiger charge is 2.36. The fraction of sp³-hybridized carbons (Fsp3) is 0.462. The van der Waals surface area contributed by atoms with E-state index in [1.807, 2.05) is 31.5 Å². The molecule has 1 aromatic heterocycles. The van der Waals surface area contributed by atoms with Gasteiger partial charge in [-0.25, -0.2) is 4.98 Å². The van der Waals surface area contributed by atoms with Gasteiger partial charge in [0.1, 0.15) is 0 Å². The van der Waals surface area contributed by atoms with E-state index >= 15 is 0 Å². The highest BCUT2D eigenvalue weighted by atomic mass is 32.1. The summed E-state index contributed by atoms with van der Waals surface area (Å²) in [6, 6.07) is 6.14. The van der Waals surface area contributed by atoms with Gasteiger partial charge in [-0.15, -0.1) is 11.3 Å². The predicted octanol–water partition coefficient (Wildman–Crippen LogP) is 3.08. The summed E-state index contributed by atoms with van der Waals surface area (Å²) in [6.45, 7) is 7.35. The largest absolute Gasteiger partial charge is 0.387 e. The maximum Gasteiger partial charge on any atom is 0.0950 e. The number of aliphatic hydroxyl groups is 1. The van der Waals surface area contributed by atoms with E-state index in [0.717, 1.165) is 10.8 Å². The summed E-state index contributed by atoms with van der Waals surface area (Å²) in [5.41, 5.74) is 1.43. The summed E-state index contributed by atoms with van der Waals surface area (Å²) in [6.07, 6.45) is 0. The molecule has 0 saturated heterocycles. The number of hydrogen-bond donors (Lipinski definition) is 1. The monoisotopic (exact) mass is 283 g/mol. The Bertz CT molecular complexity index is 545. The molecule has 0 radical (unpaired) electrons. The van der Waals surface area contributed by atoms with E-state index in [-0.39, 0.29) is 8.81 Å². The van der Waals surface area contributed by atoms with Crippen molar-refractivity contribution < 1.29 is 9.63 Å². The Morgan fingerprint density at radius 1 is 1.28 bits per heavy atom. The summed E-state index contributed by atoms with van der Waals surface area (Å²) in [5.74, 6) is 0. The van der Waals surface area contributed by atoms with Gasteiger partial charge in [0, 0.05) is 14.1 Å². The van der Waals surface area contributed by atoms with Crippen LogP contribution in [0.2, 0.25) is 0 Å². The van der Waals surface area contributed by atoms with E-state index in [4.69, 9.17) is 4.52 Å². The van der Waals surface area contributed by atoms with Gasteiger partial charge < -0.3 is 9.63 Å². The fourth-order valence-corrected chi connectivity index (χ4v) is 3.03. The van der Waals surface area contributed by atoms with Crippen molar-refractivity contribution in [2.24, 2.45) is 0 Å². The van der Waals surface area contributed by atoms with Crippen molar-refractivity contribution in [1.29, 1.82) is 0 Å². The second-order valence-corrected chi connectivity index (χ2v) is 7.18. The molecule has 0 saturated carbocycles. The van der Waals surface area contributed by atoms with Crippen molar-refractivity contribution in [3.05, 3.63) is 23.7 Å². The molecule has 1 atom stereocenters. The second kappa shape index (κ2) is 4.86. The van der Waals surface area contributed by atoms with Crippen molar-refractivity contribution >= 4 is 35.7 Å². The Morgan fingerprint density at radius 3 is 2.67 bits per heavy atom. The molecule has 0 aliphatic carbocycles. The fourth-order valence-electron chi connectivity index (χ4n) is 1.23. The normalized spacial score (nSPS) is 13.8. The third-order valence-corrected chi connectivity index (χ3v) is 5.18. The van der Waals surface area contributed by atoms with Gasteiger partial charge in [-0.2, -0.15) is 0 Å². The van der Waals surface area contributed by atoms with Crippen LogP contribution >= 0.6 is 20.1 Å². The Morgan fingerprint density at radius 2 is 2.00 bits per heavy atom. The molecule has 3 nitrogen and oxygen atoms in total. The number of aromatic nitrogens is 1. The number of benzene rings is 1. The van der Waals surface area contributed by atoms with E-state index in [1.54, 1.807) is 25.2 Å². The lowest BCUT2D eigenvalue weighted by molar-refractivity contribution is -0.0833. The minimum absolute atomic E-state index is 0.224. The van der Waals surface area contributed by atoms with E-state index in [1.165, 1.54) is 4.70 Å². The average Bonchev–Trinajstić information content (AvgIpc) is 2.71. The van der Waals surface area contributed by atoms with Crippen LogP contribution in [0.5, 0.6) is 0 Å². The predicted molar refractivity (Wildman–Crippen MR) is 79.0 cm³/mol. The van der Waals surface area contributed by atoms with Crippen LogP contribution in [0.1, 0.15) is 27.7 Å². The van der Waals surface area contributed by atoms with Crippen molar-refractivity contribution in [2.75, 3.05) is 0 Å². The molecule has 98 valence electrons. The zero-order chi connectivity index (χ0) is 13.4. The number of hydrogen-bond acceptors (Lipinski definition) is 4. The third-order valence-electron chi connectivity index (χ3n) is 3.23. The molecule has 18 heavy (non-hydrogen) atoms. The first-order chi connectivity index (χ1) is 8.29. The van der Waals surface area contributed by atoms with Gasteiger partial charge in [-0.05, 0) is 39.8 Å². The Hall–Kier alpha value is -0.540. The average molecular weight is 283 g/mol. The molecule has 1 aromatic carbocycles. The molecule has 0 aliphatic rings. The van der Waals surface area contributed by atoms with Gasteiger partial charge in [0.25, 0.3) is 0 Å². The molecule has 1 heterocycles. The number of fused-ring (bicyclic) bond motifs is 1. The summed E-state index contributed by atoms with van der Waals surface area (Å²) in [5, 5.41) is 11.2. The summed E-state index contributed by atoms with van der Waals surface area (Å²) in [7, 11) is 0.224. The summed E-state index contributed by atoms with van der Waals surface area (Å²) >= 11 is 1.63. The van der Waals surface area contributed by atoms with Gasteiger partial charge in [0.05, 0.1) is 26.9 Å². The molecule has 0 fully saturated rings. The highest BCUT2D eigenvalue weighted by Crippen LogP contribution is 2.32. The van der Waals surface area contributed by atoms with E-state index in [2.05, 4.69) is 11.1 Å². The summed E-state index contributed by atoms with van der Waals surface area (Å²) < 4.78 is 7.04. The molecular formula is C13H18NO2PS. The quantitative estimate of drug-likeness (QED) is 0.877. The Labute approximate surface area is 113 Å². The Kier molecular flexibility index (Phi) is 3.75.